The lowest BCUT2D eigenvalue weighted by Gasteiger charge is -2.27. The molecule has 234 valence electrons. The number of H-pyrrole nitrogens is 1. The molecule has 5 N–H and O–H groups in total. The van der Waals surface area contributed by atoms with Crippen LogP contribution < -0.4 is 21.9 Å². The third kappa shape index (κ3) is 6.63. The van der Waals surface area contributed by atoms with Crippen molar-refractivity contribution in [3.05, 3.63) is 82.1 Å². The summed E-state index contributed by atoms with van der Waals surface area (Å²) in [4.78, 5) is 51.6. The highest BCUT2D eigenvalue weighted by molar-refractivity contribution is 6.01. The van der Waals surface area contributed by atoms with Crippen LogP contribution in [0.2, 0.25) is 0 Å². The molecule has 0 unspecified atom stereocenters. The smallest absolute Gasteiger partial charge is 0.274 e. The zero-order valence-corrected chi connectivity index (χ0v) is 25.9. The lowest BCUT2D eigenvalue weighted by Crippen LogP contribution is -2.31. The van der Waals surface area contributed by atoms with Gasteiger partial charge in [0.2, 0.25) is 11.8 Å². The number of fused-ring (bicyclic) bond motifs is 2. The number of benzene rings is 3. The summed E-state index contributed by atoms with van der Waals surface area (Å²) in [7, 11) is 0. The average molecular weight is 608 g/mol. The summed E-state index contributed by atoms with van der Waals surface area (Å²) in [5.41, 5.74) is 11.8. The maximum Gasteiger partial charge on any atom is 0.274 e. The predicted octanol–water partition coefficient (Wildman–Crippen LogP) is 5.59. The monoisotopic (exact) mass is 607 g/mol. The molecule has 9 heteroatoms. The number of hydrogen-bond acceptors (Lipinski definition) is 5. The van der Waals surface area contributed by atoms with E-state index in [1.807, 2.05) is 62.4 Å². The van der Waals surface area contributed by atoms with Gasteiger partial charge in [-0.05, 0) is 105 Å². The van der Waals surface area contributed by atoms with E-state index in [2.05, 4.69) is 15.7 Å². The highest BCUT2D eigenvalue weighted by atomic mass is 16.2. The number of Topliss-reactive ketones (excluding diaryl/α,β-unsaturated/α-hetero) is 1. The van der Waals surface area contributed by atoms with Gasteiger partial charge < -0.3 is 16.4 Å². The van der Waals surface area contributed by atoms with E-state index in [-0.39, 0.29) is 41.5 Å². The van der Waals surface area contributed by atoms with Crippen LogP contribution in [-0.4, -0.2) is 33.9 Å². The van der Waals surface area contributed by atoms with Crippen LogP contribution >= 0.6 is 0 Å². The van der Waals surface area contributed by atoms with Crippen LogP contribution in [0.4, 0.5) is 11.4 Å². The predicted molar refractivity (Wildman–Crippen MR) is 177 cm³/mol. The molecule has 0 bridgehead atoms. The van der Waals surface area contributed by atoms with Crippen LogP contribution in [0.5, 0.6) is 0 Å². The molecular weight excluding hydrogens is 566 g/mol. The summed E-state index contributed by atoms with van der Waals surface area (Å²) in [6.07, 6.45) is 4.47. The number of rotatable bonds is 10. The topological polar surface area (TPSA) is 139 Å². The minimum atomic E-state index is -0.546. The molecule has 0 spiro atoms. The van der Waals surface area contributed by atoms with Gasteiger partial charge in [0.1, 0.15) is 5.78 Å². The van der Waals surface area contributed by atoms with Crippen LogP contribution in [0.25, 0.3) is 22.0 Å². The molecule has 45 heavy (non-hydrogen) atoms. The van der Waals surface area contributed by atoms with Crippen molar-refractivity contribution in [1.82, 2.24) is 9.78 Å². The Labute approximate surface area is 262 Å². The van der Waals surface area contributed by atoms with Crippen molar-refractivity contribution in [2.45, 2.75) is 64.8 Å². The molecule has 9 nitrogen and oxygen atoms in total. The minimum absolute atomic E-state index is 0.0298. The zero-order chi connectivity index (χ0) is 31.7. The summed E-state index contributed by atoms with van der Waals surface area (Å²) in [6, 6.07) is 19.3. The fraction of sp³-hybridized carbons (Fsp3) is 0.389. The van der Waals surface area contributed by atoms with E-state index >= 15 is 0 Å². The molecule has 2 heterocycles. The van der Waals surface area contributed by atoms with Crippen molar-refractivity contribution >= 4 is 39.9 Å². The fourth-order valence-electron chi connectivity index (χ4n) is 6.72. The Morgan fingerprint density at radius 2 is 1.69 bits per heavy atom. The van der Waals surface area contributed by atoms with Crippen molar-refractivity contribution in [1.29, 1.82) is 0 Å². The van der Waals surface area contributed by atoms with E-state index in [0.717, 1.165) is 53.5 Å². The normalized spacial score (nSPS) is 18.5. The minimum Gasteiger partial charge on any atom is -0.330 e. The molecule has 2 aliphatic rings. The standard InChI is InChI=1S/C36H41N5O4/c1-21(2)41-36(45)30-14-12-26(16-32(30)40-41)24-7-3-22(4-8-24)15-28(17-33(42)25-9-5-23(20-37)6-10-25)35(44)38-29-13-11-27-18-34(43)39-31(27)19-29/h3-4,7-8,11-14,16,19,21,23,25,28,40H,5-6,9-10,15,17-18,20,37H2,1-2H3,(H,38,44)(H,39,43)/t23?,25?,28-/m1/s1. The SMILES string of the molecule is CC(C)n1[nH]c2cc(-c3ccc(C[C@H](CC(=O)C4CCC(CN)CC4)C(=O)Nc4ccc5c(c4)NC(=O)C5)cc3)ccc2c1=O. The summed E-state index contributed by atoms with van der Waals surface area (Å²) < 4.78 is 1.63. The van der Waals surface area contributed by atoms with Gasteiger partial charge in [-0.25, -0.2) is 4.68 Å². The van der Waals surface area contributed by atoms with E-state index in [4.69, 9.17) is 5.73 Å². The number of amides is 2. The number of aromatic nitrogens is 2. The third-order valence-corrected chi connectivity index (χ3v) is 9.45. The number of ketones is 1. The molecule has 6 rings (SSSR count). The molecule has 1 aliphatic carbocycles. The lowest BCUT2D eigenvalue weighted by molar-refractivity contribution is -0.129. The number of anilines is 2. The Bertz CT molecular complexity index is 1790. The van der Waals surface area contributed by atoms with Gasteiger partial charge in [-0.15, -0.1) is 0 Å². The van der Waals surface area contributed by atoms with Crippen LogP contribution in [0, 0.1) is 17.8 Å². The molecule has 3 aromatic carbocycles. The number of hydrogen-bond donors (Lipinski definition) is 4. The Morgan fingerprint density at radius 1 is 0.956 bits per heavy atom. The summed E-state index contributed by atoms with van der Waals surface area (Å²) in [5.74, 6) is -0.242. The van der Waals surface area contributed by atoms with Crippen LogP contribution in [0.15, 0.2) is 65.5 Å². The van der Waals surface area contributed by atoms with Crippen molar-refractivity contribution in [3.8, 4) is 11.1 Å². The van der Waals surface area contributed by atoms with E-state index in [1.165, 1.54) is 0 Å². The van der Waals surface area contributed by atoms with Crippen molar-refractivity contribution in [3.63, 3.8) is 0 Å². The molecule has 1 saturated carbocycles. The maximum atomic E-state index is 13.7. The van der Waals surface area contributed by atoms with Gasteiger partial charge in [0.15, 0.2) is 0 Å². The molecule has 1 atom stereocenters. The van der Waals surface area contributed by atoms with Crippen LogP contribution in [0.1, 0.15) is 63.1 Å². The molecular formula is C36H41N5O4. The quantitative estimate of drug-likeness (QED) is 0.186. The fourth-order valence-corrected chi connectivity index (χ4v) is 6.72. The largest absolute Gasteiger partial charge is 0.330 e. The molecule has 0 saturated heterocycles. The van der Waals surface area contributed by atoms with Gasteiger partial charge >= 0.3 is 0 Å². The first-order valence-electron chi connectivity index (χ1n) is 16.0. The highest BCUT2D eigenvalue weighted by Crippen LogP contribution is 2.32. The first-order chi connectivity index (χ1) is 21.7. The Hall–Kier alpha value is -4.50. The number of carbonyl (C=O) groups is 3. The summed E-state index contributed by atoms with van der Waals surface area (Å²) >= 11 is 0. The van der Waals surface area contributed by atoms with Gasteiger partial charge in [0.05, 0.1) is 17.3 Å². The first-order valence-corrected chi connectivity index (χ1v) is 16.0. The van der Waals surface area contributed by atoms with E-state index in [0.29, 0.717) is 42.1 Å². The highest BCUT2D eigenvalue weighted by Gasteiger charge is 2.30. The van der Waals surface area contributed by atoms with Gasteiger partial charge in [-0.2, -0.15) is 0 Å². The van der Waals surface area contributed by atoms with Crippen LogP contribution in [-0.2, 0) is 27.2 Å². The number of nitrogens with one attached hydrogen (secondary N) is 3. The number of carbonyl (C=O) groups excluding carboxylic acids is 3. The van der Waals surface area contributed by atoms with E-state index in [1.54, 1.807) is 16.8 Å². The van der Waals surface area contributed by atoms with Crippen molar-refractivity contribution in [2.24, 2.45) is 23.5 Å². The second kappa shape index (κ2) is 12.9. The second-order valence-corrected chi connectivity index (χ2v) is 12.9. The van der Waals surface area contributed by atoms with Gasteiger partial charge in [-0.3, -0.25) is 24.3 Å². The summed E-state index contributed by atoms with van der Waals surface area (Å²) in [6.45, 7) is 4.59. The van der Waals surface area contributed by atoms with E-state index in [9.17, 15) is 19.2 Å². The van der Waals surface area contributed by atoms with Crippen molar-refractivity contribution in [2.75, 3.05) is 17.2 Å². The molecule has 0 radical (unpaired) electrons. The third-order valence-electron chi connectivity index (χ3n) is 9.45. The molecule has 1 aliphatic heterocycles. The zero-order valence-electron chi connectivity index (χ0n) is 25.9. The molecule has 1 fully saturated rings. The Balaban J connectivity index is 1.20. The van der Waals surface area contributed by atoms with E-state index < -0.39 is 5.92 Å². The lowest BCUT2D eigenvalue weighted by atomic mass is 9.77. The molecule has 4 aromatic rings. The van der Waals surface area contributed by atoms with Gasteiger partial charge in [-0.1, -0.05) is 36.4 Å². The van der Waals surface area contributed by atoms with Gasteiger partial charge in [0.25, 0.3) is 5.56 Å². The Morgan fingerprint density at radius 3 is 2.40 bits per heavy atom. The van der Waals surface area contributed by atoms with Gasteiger partial charge in [0, 0.05) is 35.7 Å². The van der Waals surface area contributed by atoms with Crippen molar-refractivity contribution < 1.29 is 14.4 Å². The molecule has 1 aromatic heterocycles. The Kier molecular flexibility index (Phi) is 8.72. The van der Waals surface area contributed by atoms with Crippen LogP contribution in [0.3, 0.4) is 0 Å². The maximum absolute atomic E-state index is 13.7. The molecule has 2 amide bonds. The number of aromatic amines is 1. The first kappa shape index (κ1) is 30.5. The average Bonchev–Trinajstić information content (AvgIpc) is 3.58. The number of nitrogens with zero attached hydrogens (tertiary/aromatic N) is 1. The summed E-state index contributed by atoms with van der Waals surface area (Å²) in [5, 5.41) is 9.71. The number of nitrogens with two attached hydrogens (primary N) is 1. The second-order valence-electron chi connectivity index (χ2n) is 12.9.